The van der Waals surface area contributed by atoms with Crippen LogP contribution in [0, 0.1) is 5.92 Å². The zero-order chi connectivity index (χ0) is 13.1. The average molecular weight is 270 g/mol. The summed E-state index contributed by atoms with van der Waals surface area (Å²) in [5, 5.41) is 7.70. The Morgan fingerprint density at radius 2 is 2.28 bits per heavy atom. The number of nitrogens with one attached hydrogen (secondary N) is 1. The Labute approximate surface area is 112 Å². The first kappa shape index (κ1) is 13.4. The average Bonchev–Trinajstić information content (AvgIpc) is 3.18. The lowest BCUT2D eigenvalue weighted by molar-refractivity contribution is 0.582. The lowest BCUT2D eigenvalue weighted by Crippen LogP contribution is -2.26. The summed E-state index contributed by atoms with van der Waals surface area (Å²) in [6.45, 7) is 4.56. The lowest BCUT2D eigenvalue weighted by atomic mass is 10.1. The summed E-state index contributed by atoms with van der Waals surface area (Å²) < 4.78 is 1.37. The number of rotatable bonds is 6. The van der Waals surface area contributed by atoms with Crippen molar-refractivity contribution in [2.24, 2.45) is 5.92 Å². The van der Waals surface area contributed by atoms with E-state index in [1.54, 1.807) is 6.20 Å². The second-order valence-electron chi connectivity index (χ2n) is 4.92. The molecular formula is C13H20ClN3O. The zero-order valence-electron chi connectivity index (χ0n) is 10.9. The van der Waals surface area contributed by atoms with Crippen LogP contribution in [-0.2, 0) is 6.54 Å². The van der Waals surface area contributed by atoms with Crippen LogP contribution in [0.15, 0.2) is 11.0 Å². The Bertz CT molecular complexity index is 468. The fraction of sp³-hybridized carbons (Fsp3) is 0.692. The molecule has 5 heteroatoms. The van der Waals surface area contributed by atoms with Crippen molar-refractivity contribution in [2.45, 2.75) is 52.1 Å². The van der Waals surface area contributed by atoms with E-state index in [4.69, 9.17) is 11.6 Å². The fourth-order valence-corrected chi connectivity index (χ4v) is 2.30. The van der Waals surface area contributed by atoms with Gasteiger partial charge in [0.15, 0.2) is 0 Å². The molecule has 18 heavy (non-hydrogen) atoms. The largest absolute Gasteiger partial charge is 0.380 e. The van der Waals surface area contributed by atoms with Gasteiger partial charge < -0.3 is 5.32 Å². The van der Waals surface area contributed by atoms with Crippen molar-refractivity contribution >= 4 is 17.3 Å². The quantitative estimate of drug-likeness (QED) is 0.864. The van der Waals surface area contributed by atoms with Crippen molar-refractivity contribution in [1.29, 1.82) is 0 Å². The Morgan fingerprint density at radius 3 is 2.83 bits per heavy atom. The number of halogens is 1. The first-order valence-corrected chi connectivity index (χ1v) is 7.05. The van der Waals surface area contributed by atoms with Crippen LogP contribution >= 0.6 is 11.6 Å². The highest BCUT2D eigenvalue weighted by molar-refractivity contribution is 6.32. The van der Waals surface area contributed by atoms with Crippen LogP contribution in [0.1, 0.15) is 39.5 Å². The molecule has 100 valence electrons. The maximum absolute atomic E-state index is 11.9. The fourth-order valence-electron chi connectivity index (χ4n) is 2.09. The van der Waals surface area contributed by atoms with Gasteiger partial charge in [-0.15, -0.1) is 0 Å². The van der Waals surface area contributed by atoms with E-state index in [-0.39, 0.29) is 10.6 Å². The van der Waals surface area contributed by atoms with Crippen LogP contribution in [-0.4, -0.2) is 15.8 Å². The Kier molecular flexibility index (Phi) is 4.27. The molecule has 2 rings (SSSR count). The van der Waals surface area contributed by atoms with Gasteiger partial charge in [0, 0.05) is 12.6 Å². The number of hydrogen-bond acceptors (Lipinski definition) is 3. The third kappa shape index (κ3) is 3.05. The molecule has 0 radical (unpaired) electrons. The molecule has 1 N–H and O–H groups in total. The molecule has 0 amide bonds. The van der Waals surface area contributed by atoms with Gasteiger partial charge in [0.1, 0.15) is 5.02 Å². The molecule has 0 bridgehead atoms. The number of nitrogens with zero attached hydrogens (tertiary/aromatic N) is 2. The van der Waals surface area contributed by atoms with Crippen molar-refractivity contribution in [2.75, 3.05) is 5.32 Å². The third-order valence-electron chi connectivity index (χ3n) is 3.45. The number of hydrogen-bond donors (Lipinski definition) is 1. The summed E-state index contributed by atoms with van der Waals surface area (Å²) in [5.74, 6) is 0.852. The van der Waals surface area contributed by atoms with Gasteiger partial charge in [0.25, 0.3) is 5.56 Å². The Hall–Kier alpha value is -1.03. The summed E-state index contributed by atoms with van der Waals surface area (Å²) in [7, 11) is 0. The standard InChI is InChI=1S/C13H20ClN3O/c1-3-10(7-9-5-6-9)16-11-8-15-17(4-2)13(18)12(11)14/h8-10,16H,3-7H2,1-2H3. The van der Waals surface area contributed by atoms with Crippen LogP contribution < -0.4 is 10.9 Å². The van der Waals surface area contributed by atoms with E-state index >= 15 is 0 Å². The van der Waals surface area contributed by atoms with Gasteiger partial charge in [-0.3, -0.25) is 4.79 Å². The molecule has 1 atom stereocenters. The molecule has 4 nitrogen and oxygen atoms in total. The zero-order valence-corrected chi connectivity index (χ0v) is 11.7. The maximum atomic E-state index is 11.9. The SMILES string of the molecule is CCC(CC1CC1)Nc1cnn(CC)c(=O)c1Cl. The molecular weight excluding hydrogens is 250 g/mol. The molecule has 1 aliphatic rings. The Balaban J connectivity index is 2.12. The van der Waals surface area contributed by atoms with Gasteiger partial charge in [0.05, 0.1) is 11.9 Å². The lowest BCUT2D eigenvalue weighted by Gasteiger charge is -2.18. The molecule has 0 aromatic carbocycles. The van der Waals surface area contributed by atoms with Crippen molar-refractivity contribution in [3.8, 4) is 0 Å². The predicted molar refractivity (Wildman–Crippen MR) is 74.2 cm³/mol. The summed E-state index contributed by atoms with van der Waals surface area (Å²) in [5.41, 5.74) is 0.448. The van der Waals surface area contributed by atoms with Gasteiger partial charge in [0.2, 0.25) is 0 Å². The molecule has 0 saturated heterocycles. The van der Waals surface area contributed by atoms with Crippen LogP contribution in [0.3, 0.4) is 0 Å². The smallest absolute Gasteiger partial charge is 0.287 e. The minimum absolute atomic E-state index is 0.217. The van der Waals surface area contributed by atoms with E-state index in [1.807, 2.05) is 6.92 Å². The molecule has 1 aromatic heterocycles. The molecule has 1 unspecified atom stereocenters. The van der Waals surface area contributed by atoms with E-state index < -0.39 is 0 Å². The number of anilines is 1. The van der Waals surface area contributed by atoms with E-state index in [1.165, 1.54) is 17.5 Å². The first-order chi connectivity index (χ1) is 8.65. The second kappa shape index (κ2) is 5.74. The van der Waals surface area contributed by atoms with Crippen LogP contribution in [0.2, 0.25) is 5.02 Å². The second-order valence-corrected chi connectivity index (χ2v) is 5.30. The van der Waals surface area contributed by atoms with Crippen LogP contribution in [0.5, 0.6) is 0 Å². The van der Waals surface area contributed by atoms with Crippen molar-refractivity contribution in [3.63, 3.8) is 0 Å². The van der Waals surface area contributed by atoms with Gasteiger partial charge in [-0.2, -0.15) is 5.10 Å². The molecule has 1 heterocycles. The van der Waals surface area contributed by atoms with Gasteiger partial charge in [-0.1, -0.05) is 31.4 Å². The highest BCUT2D eigenvalue weighted by atomic mass is 35.5. The van der Waals surface area contributed by atoms with E-state index in [0.717, 1.165) is 18.8 Å². The third-order valence-corrected chi connectivity index (χ3v) is 3.82. The van der Waals surface area contributed by atoms with E-state index in [2.05, 4.69) is 17.3 Å². The highest BCUT2D eigenvalue weighted by Gasteiger charge is 2.25. The maximum Gasteiger partial charge on any atom is 0.287 e. The number of aryl methyl sites for hydroxylation is 1. The van der Waals surface area contributed by atoms with Crippen LogP contribution in [0.25, 0.3) is 0 Å². The van der Waals surface area contributed by atoms with Crippen molar-refractivity contribution < 1.29 is 0 Å². The number of aromatic nitrogens is 2. The van der Waals surface area contributed by atoms with Gasteiger partial charge in [-0.25, -0.2) is 4.68 Å². The minimum Gasteiger partial charge on any atom is -0.380 e. The highest BCUT2D eigenvalue weighted by Crippen LogP contribution is 2.35. The molecule has 1 aliphatic carbocycles. The molecule has 0 aliphatic heterocycles. The van der Waals surface area contributed by atoms with Gasteiger partial charge >= 0.3 is 0 Å². The minimum atomic E-state index is -0.217. The molecule has 1 fully saturated rings. The molecule has 1 saturated carbocycles. The monoisotopic (exact) mass is 269 g/mol. The summed E-state index contributed by atoms with van der Waals surface area (Å²) in [4.78, 5) is 11.9. The molecule has 0 spiro atoms. The van der Waals surface area contributed by atoms with E-state index in [9.17, 15) is 4.79 Å². The normalized spacial score (nSPS) is 16.6. The summed E-state index contributed by atoms with van der Waals surface area (Å²) >= 11 is 6.09. The van der Waals surface area contributed by atoms with Crippen molar-refractivity contribution in [3.05, 3.63) is 21.6 Å². The van der Waals surface area contributed by atoms with Gasteiger partial charge in [-0.05, 0) is 25.7 Å². The molecule has 1 aromatic rings. The first-order valence-electron chi connectivity index (χ1n) is 6.67. The summed E-state index contributed by atoms with van der Waals surface area (Å²) in [6, 6.07) is 0.383. The predicted octanol–water partition coefficient (Wildman–Crippen LogP) is 2.91. The van der Waals surface area contributed by atoms with Crippen LogP contribution in [0.4, 0.5) is 5.69 Å². The van der Waals surface area contributed by atoms with Crippen molar-refractivity contribution in [1.82, 2.24) is 9.78 Å². The summed E-state index contributed by atoms with van der Waals surface area (Å²) in [6.07, 6.45) is 6.51. The van der Waals surface area contributed by atoms with E-state index in [0.29, 0.717) is 18.3 Å². The topological polar surface area (TPSA) is 46.9 Å². The Morgan fingerprint density at radius 1 is 1.56 bits per heavy atom.